The van der Waals surface area contributed by atoms with Gasteiger partial charge in [-0.25, -0.2) is 10.9 Å². The lowest BCUT2D eigenvalue weighted by molar-refractivity contribution is -0.144. The number of amides is 2. The van der Waals surface area contributed by atoms with E-state index in [0.717, 1.165) is 5.56 Å². The molecule has 0 atom stereocenters. The number of hydrogen-bond acceptors (Lipinski definition) is 3. The highest BCUT2D eigenvalue weighted by molar-refractivity contribution is 5.95. The summed E-state index contributed by atoms with van der Waals surface area (Å²) in [5.74, 6) is 4.61. The maximum absolute atomic E-state index is 11.5. The quantitative estimate of drug-likeness (QED) is 0.453. The van der Waals surface area contributed by atoms with Crippen molar-refractivity contribution in [2.75, 3.05) is 0 Å². The molecular formula is C11H14N2O2. The van der Waals surface area contributed by atoms with E-state index in [2.05, 4.69) is 0 Å². The SMILES string of the molecule is CCC(=O)N(N)C(=O)Cc1ccccc1. The van der Waals surface area contributed by atoms with Crippen molar-refractivity contribution in [1.82, 2.24) is 5.01 Å². The number of rotatable bonds is 3. The molecule has 0 heterocycles. The number of hydrazine groups is 1. The number of nitrogens with zero attached hydrogens (tertiary/aromatic N) is 1. The van der Waals surface area contributed by atoms with E-state index in [4.69, 9.17) is 5.84 Å². The average molecular weight is 206 g/mol. The molecule has 0 aromatic heterocycles. The summed E-state index contributed by atoms with van der Waals surface area (Å²) in [4.78, 5) is 22.6. The van der Waals surface area contributed by atoms with E-state index in [0.29, 0.717) is 5.01 Å². The molecule has 15 heavy (non-hydrogen) atoms. The lowest BCUT2D eigenvalue weighted by Gasteiger charge is -2.13. The summed E-state index contributed by atoms with van der Waals surface area (Å²) >= 11 is 0. The first kappa shape index (κ1) is 11.4. The van der Waals surface area contributed by atoms with Crippen molar-refractivity contribution >= 4 is 11.8 Å². The molecule has 0 unspecified atom stereocenters. The van der Waals surface area contributed by atoms with E-state index in [9.17, 15) is 9.59 Å². The molecule has 4 nitrogen and oxygen atoms in total. The molecule has 0 saturated carbocycles. The maximum Gasteiger partial charge on any atom is 0.247 e. The molecule has 1 aromatic rings. The molecule has 1 rings (SSSR count). The van der Waals surface area contributed by atoms with Gasteiger partial charge in [-0.05, 0) is 5.56 Å². The first-order chi connectivity index (χ1) is 7.15. The van der Waals surface area contributed by atoms with Crippen LogP contribution in [0.25, 0.3) is 0 Å². The van der Waals surface area contributed by atoms with Gasteiger partial charge in [0, 0.05) is 6.42 Å². The van der Waals surface area contributed by atoms with E-state index in [1.807, 2.05) is 30.3 Å². The van der Waals surface area contributed by atoms with Gasteiger partial charge in [0.2, 0.25) is 11.8 Å². The Hall–Kier alpha value is -1.68. The fraction of sp³-hybridized carbons (Fsp3) is 0.273. The molecule has 0 radical (unpaired) electrons. The predicted molar refractivity (Wildman–Crippen MR) is 56.5 cm³/mol. The van der Waals surface area contributed by atoms with Gasteiger partial charge >= 0.3 is 0 Å². The summed E-state index contributed by atoms with van der Waals surface area (Å²) in [7, 11) is 0. The van der Waals surface area contributed by atoms with Crippen molar-refractivity contribution in [2.24, 2.45) is 5.84 Å². The zero-order valence-corrected chi connectivity index (χ0v) is 8.64. The van der Waals surface area contributed by atoms with Crippen molar-refractivity contribution in [3.63, 3.8) is 0 Å². The maximum atomic E-state index is 11.5. The van der Waals surface area contributed by atoms with E-state index in [1.54, 1.807) is 6.92 Å². The lowest BCUT2D eigenvalue weighted by atomic mass is 10.1. The second-order valence-electron chi connectivity index (χ2n) is 3.17. The fourth-order valence-corrected chi connectivity index (χ4v) is 1.17. The average Bonchev–Trinajstić information content (AvgIpc) is 2.28. The van der Waals surface area contributed by atoms with Gasteiger partial charge < -0.3 is 0 Å². The topological polar surface area (TPSA) is 63.4 Å². The monoisotopic (exact) mass is 206 g/mol. The summed E-state index contributed by atoms with van der Waals surface area (Å²) < 4.78 is 0. The third-order valence-electron chi connectivity index (χ3n) is 2.04. The molecular weight excluding hydrogens is 192 g/mol. The van der Waals surface area contributed by atoms with Crippen molar-refractivity contribution in [3.8, 4) is 0 Å². The number of carbonyl (C=O) groups is 2. The second kappa shape index (κ2) is 5.26. The molecule has 0 aliphatic heterocycles. The molecule has 0 spiro atoms. The van der Waals surface area contributed by atoms with Gasteiger partial charge in [0.25, 0.3) is 0 Å². The van der Waals surface area contributed by atoms with Crippen molar-refractivity contribution in [2.45, 2.75) is 19.8 Å². The standard InChI is InChI=1S/C11H14N2O2/c1-2-10(14)13(12)11(15)8-9-6-4-3-5-7-9/h3-7H,2,8,12H2,1H3. The van der Waals surface area contributed by atoms with Gasteiger partial charge in [-0.15, -0.1) is 0 Å². The van der Waals surface area contributed by atoms with Crippen LogP contribution in [0, 0.1) is 0 Å². The summed E-state index contributed by atoms with van der Waals surface area (Å²) in [6.07, 6.45) is 0.389. The van der Waals surface area contributed by atoms with Gasteiger partial charge in [-0.3, -0.25) is 9.59 Å². The normalized spacial score (nSPS) is 9.73. The Morgan fingerprint density at radius 2 is 1.80 bits per heavy atom. The Kier molecular flexibility index (Phi) is 4.00. The minimum Gasteiger partial charge on any atom is -0.273 e. The van der Waals surface area contributed by atoms with Gasteiger partial charge in [0.1, 0.15) is 0 Å². The first-order valence-electron chi connectivity index (χ1n) is 4.79. The Morgan fingerprint density at radius 1 is 1.20 bits per heavy atom. The third kappa shape index (κ3) is 3.18. The molecule has 0 aliphatic carbocycles. The molecule has 0 aliphatic rings. The summed E-state index contributed by atoms with van der Waals surface area (Å²) in [5, 5.41) is 0.687. The van der Waals surface area contributed by atoms with Crippen LogP contribution in [-0.4, -0.2) is 16.8 Å². The van der Waals surface area contributed by atoms with Crippen LogP contribution in [0.5, 0.6) is 0 Å². The van der Waals surface area contributed by atoms with E-state index in [-0.39, 0.29) is 24.7 Å². The van der Waals surface area contributed by atoms with Gasteiger partial charge in [0.15, 0.2) is 0 Å². The summed E-state index contributed by atoms with van der Waals surface area (Å²) in [5.41, 5.74) is 0.849. The number of benzene rings is 1. The molecule has 4 heteroatoms. The van der Waals surface area contributed by atoms with Crippen LogP contribution in [0.4, 0.5) is 0 Å². The van der Waals surface area contributed by atoms with Crippen molar-refractivity contribution in [3.05, 3.63) is 35.9 Å². The van der Waals surface area contributed by atoms with Crippen LogP contribution in [0.15, 0.2) is 30.3 Å². The zero-order chi connectivity index (χ0) is 11.3. The number of hydrogen-bond donors (Lipinski definition) is 1. The van der Waals surface area contributed by atoms with E-state index in [1.165, 1.54) is 0 Å². The molecule has 2 amide bonds. The van der Waals surface area contributed by atoms with Gasteiger partial charge in [0.05, 0.1) is 6.42 Å². The van der Waals surface area contributed by atoms with E-state index >= 15 is 0 Å². The molecule has 80 valence electrons. The Labute approximate surface area is 88.6 Å². The highest BCUT2D eigenvalue weighted by Crippen LogP contribution is 2.01. The number of carbonyl (C=O) groups excluding carboxylic acids is 2. The highest BCUT2D eigenvalue weighted by Gasteiger charge is 2.15. The predicted octanol–water partition coefficient (Wildman–Crippen LogP) is 0.868. The highest BCUT2D eigenvalue weighted by atomic mass is 16.2. The van der Waals surface area contributed by atoms with E-state index < -0.39 is 0 Å². The van der Waals surface area contributed by atoms with Crippen LogP contribution in [0.1, 0.15) is 18.9 Å². The minimum atomic E-state index is -0.381. The third-order valence-corrected chi connectivity index (χ3v) is 2.04. The molecule has 0 bridgehead atoms. The van der Waals surface area contributed by atoms with Crippen molar-refractivity contribution < 1.29 is 9.59 Å². The van der Waals surface area contributed by atoms with Crippen LogP contribution < -0.4 is 5.84 Å². The lowest BCUT2D eigenvalue weighted by Crippen LogP contribution is -2.43. The largest absolute Gasteiger partial charge is 0.273 e. The van der Waals surface area contributed by atoms with Gasteiger partial charge in [-0.1, -0.05) is 37.3 Å². The number of nitrogens with two attached hydrogens (primary N) is 1. The molecule has 0 saturated heterocycles. The summed E-state index contributed by atoms with van der Waals surface area (Å²) in [6, 6.07) is 9.19. The Bertz CT molecular complexity index is 349. The summed E-state index contributed by atoms with van der Waals surface area (Å²) in [6.45, 7) is 1.66. The molecule has 1 aromatic carbocycles. The second-order valence-corrected chi connectivity index (χ2v) is 3.17. The number of imide groups is 1. The van der Waals surface area contributed by atoms with Crippen LogP contribution in [-0.2, 0) is 16.0 Å². The molecule has 2 N–H and O–H groups in total. The van der Waals surface area contributed by atoms with Crippen molar-refractivity contribution in [1.29, 1.82) is 0 Å². The Balaban J connectivity index is 2.60. The first-order valence-corrected chi connectivity index (χ1v) is 4.79. The Morgan fingerprint density at radius 3 is 2.33 bits per heavy atom. The van der Waals surface area contributed by atoms with Gasteiger partial charge in [-0.2, -0.15) is 0 Å². The van der Waals surface area contributed by atoms with Crippen LogP contribution in [0.3, 0.4) is 0 Å². The molecule has 0 fully saturated rings. The van der Waals surface area contributed by atoms with Crippen LogP contribution in [0.2, 0.25) is 0 Å². The fourth-order valence-electron chi connectivity index (χ4n) is 1.17. The zero-order valence-electron chi connectivity index (χ0n) is 8.64. The minimum absolute atomic E-state index is 0.156. The van der Waals surface area contributed by atoms with Crippen LogP contribution >= 0.6 is 0 Å². The smallest absolute Gasteiger partial charge is 0.247 e.